The quantitative estimate of drug-likeness (QED) is 0.655. The largest absolute Gasteiger partial charge is 0.295 e. The van der Waals surface area contributed by atoms with Gasteiger partial charge in [-0.15, -0.1) is 0 Å². The van der Waals surface area contributed by atoms with E-state index in [1.54, 1.807) is 0 Å². The summed E-state index contributed by atoms with van der Waals surface area (Å²) >= 11 is 0. The first-order chi connectivity index (χ1) is 7.42. The summed E-state index contributed by atoms with van der Waals surface area (Å²) in [6.45, 7) is 9.20. The van der Waals surface area contributed by atoms with E-state index >= 15 is 0 Å². The minimum atomic E-state index is 0.377. The van der Waals surface area contributed by atoms with Gasteiger partial charge in [-0.2, -0.15) is 0 Å². The van der Waals surface area contributed by atoms with Crippen LogP contribution in [0.3, 0.4) is 0 Å². The van der Waals surface area contributed by atoms with Crippen LogP contribution in [0.15, 0.2) is 11.1 Å². The van der Waals surface area contributed by atoms with E-state index in [-0.39, 0.29) is 0 Å². The molecule has 0 amide bonds. The van der Waals surface area contributed by atoms with Crippen molar-refractivity contribution in [2.75, 3.05) is 0 Å². The molecule has 16 heavy (non-hydrogen) atoms. The van der Waals surface area contributed by atoms with Gasteiger partial charge in [0.05, 0.1) is 0 Å². The van der Waals surface area contributed by atoms with E-state index < -0.39 is 0 Å². The molecule has 0 aromatic rings. The third-order valence-electron chi connectivity index (χ3n) is 5.97. The highest BCUT2D eigenvalue weighted by Crippen LogP contribution is 2.77. The molecule has 3 atom stereocenters. The Hall–Kier alpha value is -0.590. The third-order valence-corrected chi connectivity index (χ3v) is 5.97. The van der Waals surface area contributed by atoms with E-state index in [2.05, 4.69) is 27.7 Å². The molecule has 1 heteroatoms. The highest BCUT2D eigenvalue weighted by Gasteiger charge is 2.69. The molecule has 0 aliphatic heterocycles. The van der Waals surface area contributed by atoms with Gasteiger partial charge >= 0.3 is 0 Å². The fraction of sp³-hybridized carbons (Fsp3) is 0.800. The van der Waals surface area contributed by atoms with E-state index in [0.29, 0.717) is 16.6 Å². The molecule has 3 aliphatic rings. The summed E-state index contributed by atoms with van der Waals surface area (Å²) in [5.41, 5.74) is 3.58. The number of Topliss-reactive ketones (excluding diaryl/α,β-unsaturated/α-hetero) is 1. The van der Waals surface area contributed by atoms with Gasteiger partial charge in [0.15, 0.2) is 5.78 Å². The summed E-state index contributed by atoms with van der Waals surface area (Å²) in [4.78, 5) is 11.8. The molecule has 88 valence electrons. The maximum Gasteiger partial charge on any atom is 0.158 e. The third kappa shape index (κ3) is 1.00. The zero-order chi connectivity index (χ0) is 11.7. The maximum atomic E-state index is 11.8. The van der Waals surface area contributed by atoms with E-state index in [1.165, 1.54) is 18.4 Å². The van der Waals surface area contributed by atoms with Crippen molar-refractivity contribution in [2.24, 2.45) is 22.7 Å². The molecule has 0 radical (unpaired) electrons. The number of carbonyl (C=O) groups is 1. The van der Waals surface area contributed by atoms with Crippen LogP contribution in [-0.2, 0) is 4.79 Å². The van der Waals surface area contributed by atoms with Crippen LogP contribution in [0.5, 0.6) is 0 Å². The van der Waals surface area contributed by atoms with Crippen molar-refractivity contribution in [3.8, 4) is 0 Å². The van der Waals surface area contributed by atoms with Crippen molar-refractivity contribution in [3.05, 3.63) is 11.1 Å². The molecule has 0 aromatic heterocycles. The Labute approximate surface area is 98.3 Å². The van der Waals surface area contributed by atoms with Crippen LogP contribution in [0.4, 0.5) is 0 Å². The average Bonchev–Trinajstić information content (AvgIpc) is 2.91. The lowest BCUT2D eigenvalue weighted by Crippen LogP contribution is -2.27. The molecule has 0 aromatic carbocycles. The number of hydrogen-bond donors (Lipinski definition) is 0. The van der Waals surface area contributed by atoms with Crippen molar-refractivity contribution >= 4 is 5.78 Å². The maximum absolute atomic E-state index is 11.8. The fourth-order valence-electron chi connectivity index (χ4n) is 4.57. The van der Waals surface area contributed by atoms with Gasteiger partial charge < -0.3 is 0 Å². The van der Waals surface area contributed by atoms with Crippen LogP contribution in [0, 0.1) is 22.7 Å². The Morgan fingerprint density at radius 3 is 2.69 bits per heavy atom. The molecular formula is C15H22O. The van der Waals surface area contributed by atoms with Crippen LogP contribution in [0.25, 0.3) is 0 Å². The second-order valence-electron chi connectivity index (χ2n) is 6.77. The molecule has 0 N–H and O–H groups in total. The molecule has 0 spiro atoms. The van der Waals surface area contributed by atoms with Crippen LogP contribution in [0.2, 0.25) is 0 Å². The van der Waals surface area contributed by atoms with Crippen LogP contribution in [0.1, 0.15) is 53.4 Å². The molecule has 3 rings (SSSR count). The zero-order valence-corrected chi connectivity index (χ0v) is 10.9. The monoisotopic (exact) mass is 218 g/mol. The molecular weight excluding hydrogens is 196 g/mol. The molecule has 1 nitrogen and oxygen atoms in total. The molecule has 1 unspecified atom stereocenters. The lowest BCUT2D eigenvalue weighted by Gasteiger charge is -2.34. The van der Waals surface area contributed by atoms with Gasteiger partial charge in [-0.3, -0.25) is 4.79 Å². The number of ketones is 1. The molecule has 0 heterocycles. The Balaban J connectivity index is 2.07. The Kier molecular flexibility index (Phi) is 1.85. The zero-order valence-electron chi connectivity index (χ0n) is 10.9. The SMILES string of the molecule is CC1=C2C[C@]3(C(C)C)C[C@@H]3C2(C)CCC1=O. The summed E-state index contributed by atoms with van der Waals surface area (Å²) in [7, 11) is 0. The standard InChI is InChI=1S/C15H22O/c1-9(2)15-7-11-10(3)12(16)5-6-14(11,4)13(15)8-15/h9,13H,5-8H2,1-4H3/t13-,14?,15-/m1/s1. The summed E-state index contributed by atoms with van der Waals surface area (Å²) in [6.07, 6.45) is 4.52. The predicted octanol–water partition coefficient (Wildman–Crippen LogP) is 3.74. The average molecular weight is 218 g/mol. The van der Waals surface area contributed by atoms with Crippen LogP contribution < -0.4 is 0 Å². The fourth-order valence-corrected chi connectivity index (χ4v) is 4.57. The lowest BCUT2D eigenvalue weighted by molar-refractivity contribution is -0.116. The van der Waals surface area contributed by atoms with E-state index in [9.17, 15) is 4.79 Å². The summed E-state index contributed by atoms with van der Waals surface area (Å²) in [5, 5.41) is 0. The van der Waals surface area contributed by atoms with E-state index in [0.717, 1.165) is 30.3 Å². The van der Waals surface area contributed by atoms with Crippen LogP contribution >= 0.6 is 0 Å². The van der Waals surface area contributed by atoms with Crippen molar-refractivity contribution in [1.29, 1.82) is 0 Å². The van der Waals surface area contributed by atoms with Gasteiger partial charge in [0.2, 0.25) is 0 Å². The first kappa shape index (κ1) is 10.6. The normalized spacial score (nSPS) is 46.1. The van der Waals surface area contributed by atoms with Gasteiger partial charge in [0.1, 0.15) is 0 Å². The number of rotatable bonds is 1. The smallest absolute Gasteiger partial charge is 0.158 e. The number of allylic oxidation sites excluding steroid dienone is 2. The molecule has 2 saturated carbocycles. The van der Waals surface area contributed by atoms with Gasteiger partial charge in [-0.1, -0.05) is 26.3 Å². The summed E-state index contributed by atoms with van der Waals surface area (Å²) in [6, 6.07) is 0. The van der Waals surface area contributed by atoms with Crippen molar-refractivity contribution in [3.63, 3.8) is 0 Å². The highest BCUT2D eigenvalue weighted by atomic mass is 16.1. The number of hydrogen-bond acceptors (Lipinski definition) is 1. The minimum Gasteiger partial charge on any atom is -0.295 e. The second kappa shape index (κ2) is 2.80. The number of carbonyl (C=O) groups excluding carboxylic acids is 1. The minimum absolute atomic E-state index is 0.377. The first-order valence-electron chi connectivity index (χ1n) is 6.65. The summed E-state index contributed by atoms with van der Waals surface area (Å²) in [5.74, 6) is 2.06. The van der Waals surface area contributed by atoms with Crippen molar-refractivity contribution in [1.82, 2.24) is 0 Å². The molecule has 3 aliphatic carbocycles. The highest BCUT2D eigenvalue weighted by molar-refractivity contribution is 5.97. The predicted molar refractivity (Wildman–Crippen MR) is 65.0 cm³/mol. The van der Waals surface area contributed by atoms with Gasteiger partial charge in [0.25, 0.3) is 0 Å². The van der Waals surface area contributed by atoms with Gasteiger partial charge in [-0.25, -0.2) is 0 Å². The lowest BCUT2D eigenvalue weighted by atomic mass is 9.70. The van der Waals surface area contributed by atoms with Crippen molar-refractivity contribution < 1.29 is 4.79 Å². The number of fused-ring (bicyclic) bond motifs is 3. The van der Waals surface area contributed by atoms with Gasteiger partial charge in [-0.05, 0) is 54.4 Å². The second-order valence-corrected chi connectivity index (χ2v) is 6.77. The van der Waals surface area contributed by atoms with E-state index in [4.69, 9.17) is 0 Å². The Morgan fingerprint density at radius 2 is 2.06 bits per heavy atom. The molecule has 0 saturated heterocycles. The molecule has 0 bridgehead atoms. The molecule has 2 fully saturated rings. The van der Waals surface area contributed by atoms with E-state index in [1.807, 2.05) is 0 Å². The summed E-state index contributed by atoms with van der Waals surface area (Å²) < 4.78 is 0. The Morgan fingerprint density at radius 1 is 1.38 bits per heavy atom. The van der Waals surface area contributed by atoms with Crippen molar-refractivity contribution in [2.45, 2.75) is 53.4 Å². The van der Waals surface area contributed by atoms with Gasteiger partial charge in [0, 0.05) is 6.42 Å². The topological polar surface area (TPSA) is 17.1 Å². The van der Waals surface area contributed by atoms with Crippen LogP contribution in [-0.4, -0.2) is 5.78 Å². The Bertz CT molecular complexity index is 404. The first-order valence-corrected chi connectivity index (χ1v) is 6.65.